The fourth-order valence-electron chi connectivity index (χ4n) is 1.96. The Morgan fingerprint density at radius 1 is 1.24 bits per heavy atom. The molecule has 2 aromatic rings. The van der Waals surface area contributed by atoms with E-state index in [0.717, 1.165) is 0 Å². The molecule has 0 aliphatic carbocycles. The van der Waals surface area contributed by atoms with Crippen molar-refractivity contribution >= 4 is 0 Å². The molecule has 0 unspecified atom stereocenters. The maximum Gasteiger partial charge on any atom is 0.387 e. The summed E-state index contributed by atoms with van der Waals surface area (Å²) in [6.45, 7) is 1.22. The molecule has 4 nitrogen and oxygen atoms in total. The molecule has 6 heteroatoms. The number of aromatic amines is 1. The average Bonchev–Trinajstić information content (AvgIpc) is 2.37. The second-order valence-electron chi connectivity index (χ2n) is 5.09. The number of halogens is 2. The number of alkyl halides is 2. The van der Waals surface area contributed by atoms with Crippen molar-refractivity contribution in [1.82, 2.24) is 9.97 Å². The number of nitrogens with one attached hydrogen (secondary N) is 1. The topological polar surface area (TPSA) is 55.0 Å². The van der Waals surface area contributed by atoms with Crippen LogP contribution in [0.5, 0.6) is 5.75 Å². The summed E-state index contributed by atoms with van der Waals surface area (Å²) < 4.78 is 28.5. The van der Waals surface area contributed by atoms with E-state index >= 15 is 0 Å². The van der Waals surface area contributed by atoms with Gasteiger partial charge in [0.15, 0.2) is 0 Å². The molecule has 2 rings (SSSR count). The van der Waals surface area contributed by atoms with E-state index in [0.29, 0.717) is 29.4 Å². The van der Waals surface area contributed by atoms with Crippen LogP contribution in [0.25, 0.3) is 11.4 Å². The fourth-order valence-corrected chi connectivity index (χ4v) is 1.96. The zero-order chi connectivity index (χ0) is 15.4. The molecule has 0 bridgehead atoms. The molecule has 1 aromatic heterocycles. The Balaban J connectivity index is 2.28. The Hall–Kier alpha value is -2.24. The van der Waals surface area contributed by atoms with Gasteiger partial charge in [0.1, 0.15) is 11.6 Å². The summed E-state index contributed by atoms with van der Waals surface area (Å²) in [5.74, 6) is 0.866. The Kier molecular flexibility index (Phi) is 4.67. The van der Waals surface area contributed by atoms with Gasteiger partial charge in [0, 0.05) is 17.3 Å². The maximum atomic E-state index is 12.1. The first-order chi connectivity index (χ1) is 9.94. The smallest absolute Gasteiger partial charge is 0.387 e. The Labute approximate surface area is 120 Å². The van der Waals surface area contributed by atoms with Crippen molar-refractivity contribution in [3.63, 3.8) is 0 Å². The lowest BCUT2D eigenvalue weighted by Gasteiger charge is -2.08. The SMILES string of the molecule is CC(C)Cc1cc(=O)[nH]c(-c2ccc(OC(F)F)cc2)n1. The number of H-pyrrole nitrogens is 1. The minimum Gasteiger partial charge on any atom is -0.435 e. The molecule has 1 heterocycles. The summed E-state index contributed by atoms with van der Waals surface area (Å²) in [6, 6.07) is 7.45. The summed E-state index contributed by atoms with van der Waals surface area (Å²) >= 11 is 0. The van der Waals surface area contributed by atoms with Gasteiger partial charge in [0.25, 0.3) is 5.56 Å². The lowest BCUT2D eigenvalue weighted by Crippen LogP contribution is -2.11. The minimum absolute atomic E-state index is 0.0643. The highest BCUT2D eigenvalue weighted by atomic mass is 19.3. The van der Waals surface area contributed by atoms with Gasteiger partial charge in [-0.2, -0.15) is 8.78 Å². The number of benzene rings is 1. The van der Waals surface area contributed by atoms with Crippen LogP contribution in [-0.2, 0) is 6.42 Å². The minimum atomic E-state index is -2.86. The summed E-state index contributed by atoms with van der Waals surface area (Å²) in [7, 11) is 0. The molecule has 0 spiro atoms. The third-order valence-electron chi connectivity index (χ3n) is 2.77. The van der Waals surface area contributed by atoms with Crippen LogP contribution in [0.15, 0.2) is 35.1 Å². The standard InChI is InChI=1S/C15H16F2N2O2/c1-9(2)7-11-8-13(20)19-14(18-11)10-3-5-12(6-4-10)21-15(16)17/h3-6,8-9,15H,7H2,1-2H3,(H,18,19,20). The Morgan fingerprint density at radius 2 is 1.90 bits per heavy atom. The lowest BCUT2D eigenvalue weighted by molar-refractivity contribution is -0.0498. The van der Waals surface area contributed by atoms with E-state index in [1.807, 2.05) is 13.8 Å². The molecule has 0 saturated heterocycles. The van der Waals surface area contributed by atoms with E-state index in [2.05, 4.69) is 14.7 Å². The first-order valence-corrected chi connectivity index (χ1v) is 6.59. The number of nitrogens with zero attached hydrogens (tertiary/aromatic N) is 1. The number of rotatable bonds is 5. The van der Waals surface area contributed by atoms with Gasteiger partial charge in [-0.1, -0.05) is 13.8 Å². The first-order valence-electron chi connectivity index (χ1n) is 6.59. The van der Waals surface area contributed by atoms with Crippen molar-refractivity contribution in [3.8, 4) is 17.1 Å². The van der Waals surface area contributed by atoms with Gasteiger partial charge in [-0.3, -0.25) is 4.79 Å². The third-order valence-corrected chi connectivity index (χ3v) is 2.77. The Bertz CT molecular complexity index is 651. The highest BCUT2D eigenvalue weighted by Crippen LogP contribution is 2.20. The average molecular weight is 294 g/mol. The van der Waals surface area contributed by atoms with Crippen LogP contribution in [0.4, 0.5) is 8.78 Å². The van der Waals surface area contributed by atoms with Crippen molar-refractivity contribution in [1.29, 1.82) is 0 Å². The van der Waals surface area contributed by atoms with Crippen LogP contribution >= 0.6 is 0 Å². The van der Waals surface area contributed by atoms with E-state index in [9.17, 15) is 13.6 Å². The predicted octanol–water partition coefficient (Wildman–Crippen LogP) is 3.24. The van der Waals surface area contributed by atoms with Crippen molar-refractivity contribution in [2.24, 2.45) is 5.92 Å². The van der Waals surface area contributed by atoms with Crippen molar-refractivity contribution in [2.75, 3.05) is 0 Å². The molecule has 0 radical (unpaired) electrons. The molecular formula is C15H16F2N2O2. The van der Waals surface area contributed by atoms with Crippen molar-refractivity contribution in [3.05, 3.63) is 46.4 Å². The van der Waals surface area contributed by atoms with E-state index in [-0.39, 0.29) is 11.3 Å². The quantitative estimate of drug-likeness (QED) is 0.921. The highest BCUT2D eigenvalue weighted by Gasteiger charge is 2.08. The normalized spacial score (nSPS) is 11.1. The molecule has 0 amide bonds. The van der Waals surface area contributed by atoms with Gasteiger partial charge in [-0.15, -0.1) is 0 Å². The van der Waals surface area contributed by atoms with Gasteiger partial charge in [-0.05, 0) is 36.6 Å². The monoisotopic (exact) mass is 294 g/mol. The molecule has 0 aliphatic rings. The number of hydrogen-bond acceptors (Lipinski definition) is 3. The predicted molar refractivity (Wildman–Crippen MR) is 75.5 cm³/mol. The maximum absolute atomic E-state index is 12.1. The molecule has 112 valence electrons. The zero-order valence-corrected chi connectivity index (χ0v) is 11.8. The van der Waals surface area contributed by atoms with Gasteiger partial charge in [0.2, 0.25) is 0 Å². The molecule has 0 aliphatic heterocycles. The van der Waals surface area contributed by atoms with Gasteiger partial charge < -0.3 is 9.72 Å². The number of aromatic nitrogens is 2. The van der Waals surface area contributed by atoms with Gasteiger partial charge in [-0.25, -0.2) is 4.98 Å². The third kappa shape index (κ3) is 4.37. The molecule has 0 saturated carbocycles. The molecule has 1 N–H and O–H groups in total. The molecule has 0 fully saturated rings. The van der Waals surface area contributed by atoms with Crippen LogP contribution in [0.3, 0.4) is 0 Å². The second-order valence-corrected chi connectivity index (χ2v) is 5.09. The van der Waals surface area contributed by atoms with Crippen molar-refractivity contribution < 1.29 is 13.5 Å². The largest absolute Gasteiger partial charge is 0.435 e. The van der Waals surface area contributed by atoms with Crippen LogP contribution in [0.1, 0.15) is 19.5 Å². The van der Waals surface area contributed by atoms with E-state index < -0.39 is 6.61 Å². The second kappa shape index (κ2) is 6.47. The van der Waals surface area contributed by atoms with Crippen molar-refractivity contribution in [2.45, 2.75) is 26.9 Å². The molecule has 21 heavy (non-hydrogen) atoms. The van der Waals surface area contributed by atoms with Gasteiger partial charge >= 0.3 is 6.61 Å². The van der Waals surface area contributed by atoms with E-state index in [4.69, 9.17) is 0 Å². The number of hydrogen-bond donors (Lipinski definition) is 1. The summed E-state index contributed by atoms with van der Waals surface area (Å²) in [5, 5.41) is 0. The Morgan fingerprint density at radius 3 is 2.48 bits per heavy atom. The van der Waals surface area contributed by atoms with Gasteiger partial charge in [0.05, 0.1) is 0 Å². The zero-order valence-electron chi connectivity index (χ0n) is 11.8. The number of ether oxygens (including phenoxy) is 1. The van der Waals surface area contributed by atoms with E-state index in [1.165, 1.54) is 18.2 Å². The van der Waals surface area contributed by atoms with Crippen LogP contribution in [0.2, 0.25) is 0 Å². The molecule has 1 aromatic carbocycles. The lowest BCUT2D eigenvalue weighted by atomic mass is 10.1. The van der Waals surface area contributed by atoms with Crippen LogP contribution in [-0.4, -0.2) is 16.6 Å². The highest BCUT2D eigenvalue weighted by molar-refractivity contribution is 5.56. The summed E-state index contributed by atoms with van der Waals surface area (Å²) in [5.41, 5.74) is 1.11. The van der Waals surface area contributed by atoms with Crippen LogP contribution < -0.4 is 10.3 Å². The first kappa shape index (κ1) is 15.2. The summed E-state index contributed by atoms with van der Waals surface area (Å²) in [6.07, 6.45) is 0.698. The summed E-state index contributed by atoms with van der Waals surface area (Å²) in [4.78, 5) is 18.7. The van der Waals surface area contributed by atoms with Crippen LogP contribution in [0, 0.1) is 5.92 Å². The molecular weight excluding hydrogens is 278 g/mol. The molecule has 0 atom stereocenters. The van der Waals surface area contributed by atoms with E-state index in [1.54, 1.807) is 12.1 Å². The fraction of sp³-hybridized carbons (Fsp3) is 0.333.